The topological polar surface area (TPSA) is 53.3 Å². The average molecular weight is 308 g/mol. The van der Waals surface area contributed by atoms with Gasteiger partial charge in [-0.3, -0.25) is 0 Å². The average Bonchev–Trinajstić information content (AvgIpc) is 3.04. The van der Waals surface area contributed by atoms with Gasteiger partial charge in [0, 0.05) is 5.41 Å². The minimum Gasteiger partial charge on any atom is -0.461 e. The van der Waals surface area contributed by atoms with E-state index in [2.05, 4.69) is 11.0 Å². The number of ether oxygens (including phenoxy) is 1. The SMILES string of the molecule is N#Cc1ccc2c(c1)CC=C2C(=O)OCC12CCN(CC1)CC2. The molecule has 5 rings (SSSR count). The van der Waals surface area contributed by atoms with E-state index in [1.54, 1.807) is 6.07 Å². The quantitative estimate of drug-likeness (QED) is 0.805. The zero-order valence-corrected chi connectivity index (χ0v) is 13.2. The van der Waals surface area contributed by atoms with Crippen LogP contribution in [0.25, 0.3) is 5.57 Å². The summed E-state index contributed by atoms with van der Waals surface area (Å²) in [4.78, 5) is 15.0. The summed E-state index contributed by atoms with van der Waals surface area (Å²) in [5.41, 5.74) is 3.47. The minimum atomic E-state index is -0.212. The second-order valence-electron chi connectivity index (χ2n) is 6.97. The number of hydrogen-bond acceptors (Lipinski definition) is 4. The van der Waals surface area contributed by atoms with E-state index in [0.29, 0.717) is 24.2 Å². The van der Waals surface area contributed by atoms with E-state index in [1.165, 1.54) is 0 Å². The van der Waals surface area contributed by atoms with Crippen LogP contribution >= 0.6 is 0 Å². The molecule has 0 atom stereocenters. The van der Waals surface area contributed by atoms with E-state index in [1.807, 2.05) is 18.2 Å². The molecule has 3 aliphatic heterocycles. The molecule has 3 fully saturated rings. The van der Waals surface area contributed by atoms with Crippen LogP contribution in [0.2, 0.25) is 0 Å². The summed E-state index contributed by atoms with van der Waals surface area (Å²) in [5.74, 6) is -0.212. The maximum Gasteiger partial charge on any atom is 0.338 e. The molecule has 0 saturated carbocycles. The molecule has 1 aromatic rings. The molecular formula is C19H20N2O2. The first-order valence-electron chi connectivity index (χ1n) is 8.32. The van der Waals surface area contributed by atoms with E-state index >= 15 is 0 Å². The van der Waals surface area contributed by atoms with Crippen LogP contribution in [0.3, 0.4) is 0 Å². The van der Waals surface area contributed by atoms with Crippen molar-refractivity contribution < 1.29 is 9.53 Å². The third-order valence-corrected chi connectivity index (χ3v) is 5.66. The van der Waals surface area contributed by atoms with Gasteiger partial charge in [-0.25, -0.2) is 4.79 Å². The highest BCUT2D eigenvalue weighted by molar-refractivity contribution is 6.18. The van der Waals surface area contributed by atoms with Crippen molar-refractivity contribution in [3.05, 3.63) is 41.0 Å². The highest BCUT2D eigenvalue weighted by Crippen LogP contribution is 2.40. The number of nitriles is 1. The Morgan fingerprint density at radius 2 is 2.00 bits per heavy atom. The van der Waals surface area contributed by atoms with Gasteiger partial charge < -0.3 is 9.64 Å². The molecular weight excluding hydrogens is 288 g/mol. The summed E-state index contributed by atoms with van der Waals surface area (Å²) in [6.07, 6.45) is 6.05. The van der Waals surface area contributed by atoms with Crippen molar-refractivity contribution in [3.8, 4) is 6.07 Å². The number of fused-ring (bicyclic) bond motifs is 4. The van der Waals surface area contributed by atoms with E-state index in [9.17, 15) is 4.79 Å². The number of benzene rings is 1. The highest BCUT2D eigenvalue weighted by Gasteiger charge is 2.40. The van der Waals surface area contributed by atoms with E-state index in [0.717, 1.165) is 50.0 Å². The van der Waals surface area contributed by atoms with E-state index < -0.39 is 0 Å². The lowest BCUT2D eigenvalue weighted by Gasteiger charge is -2.47. The van der Waals surface area contributed by atoms with Gasteiger partial charge in [0.1, 0.15) is 0 Å². The molecule has 2 bridgehead atoms. The van der Waals surface area contributed by atoms with Gasteiger partial charge in [0.2, 0.25) is 0 Å². The molecule has 118 valence electrons. The van der Waals surface area contributed by atoms with Gasteiger partial charge in [0.25, 0.3) is 0 Å². The molecule has 0 spiro atoms. The third-order valence-electron chi connectivity index (χ3n) is 5.66. The van der Waals surface area contributed by atoms with Gasteiger partial charge in [0.05, 0.1) is 23.8 Å². The Kier molecular flexibility index (Phi) is 3.46. The van der Waals surface area contributed by atoms with Crippen LogP contribution in [0, 0.1) is 16.7 Å². The molecule has 4 aliphatic rings. The Bertz CT molecular complexity index is 708. The Morgan fingerprint density at radius 3 is 2.70 bits per heavy atom. The first kappa shape index (κ1) is 14.5. The molecule has 23 heavy (non-hydrogen) atoms. The molecule has 1 aliphatic carbocycles. The molecule has 3 heterocycles. The minimum absolute atomic E-state index is 0.205. The lowest BCUT2D eigenvalue weighted by molar-refractivity contribution is -0.143. The number of hydrogen-bond donors (Lipinski definition) is 0. The van der Waals surface area contributed by atoms with Crippen LogP contribution in [0.5, 0.6) is 0 Å². The van der Waals surface area contributed by atoms with Crippen molar-refractivity contribution in [1.82, 2.24) is 4.90 Å². The number of esters is 1. The van der Waals surface area contributed by atoms with Gasteiger partial charge in [-0.15, -0.1) is 0 Å². The first-order valence-corrected chi connectivity index (χ1v) is 8.32. The number of allylic oxidation sites excluding steroid dienone is 1. The van der Waals surface area contributed by atoms with Gasteiger partial charge >= 0.3 is 5.97 Å². The Labute approximate surface area is 136 Å². The van der Waals surface area contributed by atoms with Crippen LogP contribution in [0.4, 0.5) is 0 Å². The predicted octanol–water partition coefficient (Wildman–Crippen LogP) is 2.53. The van der Waals surface area contributed by atoms with Crippen LogP contribution in [-0.2, 0) is 16.0 Å². The first-order chi connectivity index (χ1) is 11.2. The van der Waals surface area contributed by atoms with Gasteiger partial charge in [0.15, 0.2) is 0 Å². The van der Waals surface area contributed by atoms with Crippen molar-refractivity contribution in [2.45, 2.75) is 25.7 Å². The summed E-state index contributed by atoms with van der Waals surface area (Å²) < 4.78 is 5.71. The fourth-order valence-electron chi connectivity index (χ4n) is 4.02. The van der Waals surface area contributed by atoms with Crippen molar-refractivity contribution in [2.75, 3.05) is 26.2 Å². The maximum atomic E-state index is 12.5. The zero-order chi connectivity index (χ0) is 15.9. The molecule has 3 saturated heterocycles. The molecule has 1 aromatic carbocycles. The van der Waals surface area contributed by atoms with Crippen molar-refractivity contribution >= 4 is 11.5 Å². The number of piperidine rings is 3. The summed E-state index contributed by atoms with van der Waals surface area (Å²) >= 11 is 0. The van der Waals surface area contributed by atoms with Crippen LogP contribution in [0.1, 0.15) is 36.0 Å². The van der Waals surface area contributed by atoms with Gasteiger partial charge in [-0.05, 0) is 68.6 Å². The second kappa shape index (κ2) is 5.50. The van der Waals surface area contributed by atoms with Crippen molar-refractivity contribution in [1.29, 1.82) is 5.26 Å². The summed E-state index contributed by atoms with van der Waals surface area (Å²) in [6, 6.07) is 7.64. The van der Waals surface area contributed by atoms with Crippen molar-refractivity contribution in [3.63, 3.8) is 0 Å². The zero-order valence-electron chi connectivity index (χ0n) is 13.2. The number of carbonyl (C=O) groups is 1. The molecule has 0 N–H and O–H groups in total. The number of nitrogens with zero attached hydrogens (tertiary/aromatic N) is 2. The highest BCUT2D eigenvalue weighted by atomic mass is 16.5. The third kappa shape index (κ3) is 2.55. The second-order valence-corrected chi connectivity index (χ2v) is 6.97. The fraction of sp³-hybridized carbons (Fsp3) is 0.474. The molecule has 0 amide bonds. The Morgan fingerprint density at radius 1 is 1.26 bits per heavy atom. The Balaban J connectivity index is 1.44. The monoisotopic (exact) mass is 308 g/mol. The summed E-state index contributed by atoms with van der Waals surface area (Å²) in [5, 5.41) is 8.97. The van der Waals surface area contributed by atoms with Crippen LogP contribution in [-0.4, -0.2) is 37.1 Å². The van der Waals surface area contributed by atoms with E-state index in [4.69, 9.17) is 10.00 Å². The van der Waals surface area contributed by atoms with Crippen LogP contribution < -0.4 is 0 Å². The molecule has 4 heteroatoms. The Hall–Kier alpha value is -2.12. The lowest BCUT2D eigenvalue weighted by atomic mass is 9.73. The maximum absolute atomic E-state index is 12.5. The fourth-order valence-corrected chi connectivity index (χ4v) is 4.02. The smallest absolute Gasteiger partial charge is 0.338 e. The molecule has 0 aromatic heterocycles. The van der Waals surface area contributed by atoms with Crippen molar-refractivity contribution in [2.24, 2.45) is 5.41 Å². The molecule has 0 unspecified atom stereocenters. The molecule has 0 radical (unpaired) electrons. The van der Waals surface area contributed by atoms with E-state index in [-0.39, 0.29) is 11.4 Å². The standard InChI is InChI=1S/C19H20N2O2/c20-12-14-1-3-16-15(11-14)2-4-17(16)18(22)23-13-19-5-8-21(9-6-19)10-7-19/h1,3-4,11H,2,5-10,13H2. The number of rotatable bonds is 3. The normalized spacial score (nSPS) is 28.0. The number of carbonyl (C=O) groups excluding carboxylic acids is 1. The summed E-state index contributed by atoms with van der Waals surface area (Å²) in [7, 11) is 0. The predicted molar refractivity (Wildman–Crippen MR) is 86.5 cm³/mol. The van der Waals surface area contributed by atoms with Crippen LogP contribution in [0.15, 0.2) is 24.3 Å². The summed E-state index contributed by atoms with van der Waals surface area (Å²) in [6.45, 7) is 3.96. The largest absolute Gasteiger partial charge is 0.461 e. The van der Waals surface area contributed by atoms with Gasteiger partial charge in [-0.2, -0.15) is 5.26 Å². The van der Waals surface area contributed by atoms with Gasteiger partial charge in [-0.1, -0.05) is 12.1 Å². The lowest BCUT2D eigenvalue weighted by Crippen LogP contribution is -2.50. The molecule has 4 nitrogen and oxygen atoms in total.